The van der Waals surface area contributed by atoms with Gasteiger partial charge in [-0.3, -0.25) is 19.2 Å². The van der Waals surface area contributed by atoms with Crippen molar-refractivity contribution in [3.63, 3.8) is 0 Å². The predicted molar refractivity (Wildman–Crippen MR) is 68.0 cm³/mol. The molecule has 0 unspecified atom stereocenters. The number of imide groups is 1. The Hall–Kier alpha value is -2.90. The van der Waals surface area contributed by atoms with E-state index in [2.05, 4.69) is 10.2 Å². The van der Waals surface area contributed by atoms with E-state index in [1.165, 1.54) is 31.3 Å². The first-order valence-electron chi connectivity index (χ1n) is 6.09. The van der Waals surface area contributed by atoms with Crippen LogP contribution in [0.1, 0.15) is 23.2 Å². The lowest BCUT2D eigenvalue weighted by atomic mass is 10.2. The minimum Gasteiger partial charge on any atom is -0.393 e. The highest BCUT2D eigenvalue weighted by atomic mass is 16.8. The first kappa shape index (κ1) is 14.5. The van der Waals surface area contributed by atoms with E-state index in [1.807, 2.05) is 0 Å². The Bertz CT molecular complexity index is 579. The lowest BCUT2D eigenvalue weighted by Crippen LogP contribution is -2.33. The summed E-state index contributed by atoms with van der Waals surface area (Å²) in [4.78, 5) is 49.8. The van der Waals surface area contributed by atoms with Crippen LogP contribution in [0.25, 0.3) is 0 Å². The lowest BCUT2D eigenvalue weighted by molar-refractivity contribution is -0.174. The van der Waals surface area contributed by atoms with E-state index in [0.717, 1.165) is 0 Å². The van der Waals surface area contributed by atoms with Gasteiger partial charge in [-0.15, -0.1) is 0 Å². The molecule has 0 radical (unpaired) electrons. The minimum atomic E-state index is -1.20. The van der Waals surface area contributed by atoms with Crippen LogP contribution in [0.2, 0.25) is 0 Å². The molecule has 8 nitrogen and oxygen atoms in total. The van der Waals surface area contributed by atoms with Crippen LogP contribution < -0.4 is 10.1 Å². The maximum Gasteiger partial charge on any atom is 0.539 e. The molecule has 21 heavy (non-hydrogen) atoms. The summed E-state index contributed by atoms with van der Waals surface area (Å²) in [6, 6.07) is 5.68. The second kappa shape index (κ2) is 6.04. The van der Waals surface area contributed by atoms with Crippen LogP contribution in [0.5, 0.6) is 5.75 Å². The molecule has 0 bridgehead atoms. The molecular formula is C13H12N2O6. The zero-order chi connectivity index (χ0) is 15.4. The Morgan fingerprint density at radius 1 is 1.10 bits per heavy atom. The molecule has 1 heterocycles. The number of nitrogens with one attached hydrogen (secondary N) is 1. The van der Waals surface area contributed by atoms with Crippen molar-refractivity contribution in [2.45, 2.75) is 12.8 Å². The third-order valence-electron chi connectivity index (χ3n) is 2.72. The number of carbonyl (C=O) groups excluding carboxylic acids is 4. The van der Waals surface area contributed by atoms with E-state index in [9.17, 15) is 19.2 Å². The van der Waals surface area contributed by atoms with E-state index in [1.54, 1.807) is 0 Å². The van der Waals surface area contributed by atoms with Crippen molar-refractivity contribution in [3.8, 4) is 5.75 Å². The maximum absolute atomic E-state index is 11.5. The van der Waals surface area contributed by atoms with Gasteiger partial charge in [0.1, 0.15) is 5.75 Å². The molecule has 1 N–H and O–H groups in total. The number of benzene rings is 1. The van der Waals surface area contributed by atoms with Crippen LogP contribution in [-0.2, 0) is 14.4 Å². The molecule has 1 fully saturated rings. The molecular weight excluding hydrogens is 280 g/mol. The average Bonchev–Trinajstić information content (AvgIpc) is 2.79. The van der Waals surface area contributed by atoms with Gasteiger partial charge in [0, 0.05) is 25.5 Å². The third kappa shape index (κ3) is 3.35. The molecule has 0 spiro atoms. The summed E-state index contributed by atoms with van der Waals surface area (Å²) in [6.45, 7) is 0. The predicted octanol–water partition coefficient (Wildman–Crippen LogP) is 0.626. The lowest BCUT2D eigenvalue weighted by Gasteiger charge is -2.12. The van der Waals surface area contributed by atoms with Gasteiger partial charge in [-0.05, 0) is 24.3 Å². The fourth-order valence-corrected chi connectivity index (χ4v) is 1.67. The van der Waals surface area contributed by atoms with Gasteiger partial charge in [0.2, 0.25) is 0 Å². The van der Waals surface area contributed by atoms with E-state index >= 15 is 0 Å². The quantitative estimate of drug-likeness (QED) is 0.498. The number of amides is 3. The van der Waals surface area contributed by atoms with Crippen molar-refractivity contribution in [3.05, 3.63) is 29.8 Å². The summed E-state index contributed by atoms with van der Waals surface area (Å²) in [6.07, 6.45) is -1.19. The molecule has 0 saturated carbocycles. The van der Waals surface area contributed by atoms with Crippen molar-refractivity contribution < 1.29 is 28.8 Å². The monoisotopic (exact) mass is 292 g/mol. The summed E-state index contributed by atoms with van der Waals surface area (Å²) in [5.74, 6) is -1.34. The van der Waals surface area contributed by atoms with Crippen molar-refractivity contribution in [1.29, 1.82) is 0 Å². The van der Waals surface area contributed by atoms with Crippen LogP contribution in [0.15, 0.2) is 24.3 Å². The highest BCUT2D eigenvalue weighted by molar-refractivity contribution is 6.01. The summed E-state index contributed by atoms with van der Waals surface area (Å²) in [5.41, 5.74) is 0.392. The molecule has 110 valence electrons. The summed E-state index contributed by atoms with van der Waals surface area (Å²) in [5, 5.41) is 2.84. The Morgan fingerprint density at radius 2 is 1.67 bits per heavy atom. The molecule has 0 aliphatic carbocycles. The van der Waals surface area contributed by atoms with Crippen LogP contribution in [0.3, 0.4) is 0 Å². The SMILES string of the molecule is CNC(=O)c1ccc(OC(=O)ON2C(=O)CCC2=O)cc1. The Morgan fingerprint density at radius 3 is 2.19 bits per heavy atom. The van der Waals surface area contributed by atoms with Gasteiger partial charge in [0.25, 0.3) is 17.7 Å². The molecule has 1 saturated heterocycles. The largest absolute Gasteiger partial charge is 0.539 e. The van der Waals surface area contributed by atoms with E-state index in [0.29, 0.717) is 10.6 Å². The summed E-state index contributed by atoms with van der Waals surface area (Å²) >= 11 is 0. The highest BCUT2D eigenvalue weighted by Crippen LogP contribution is 2.16. The highest BCUT2D eigenvalue weighted by Gasteiger charge is 2.33. The Balaban J connectivity index is 1.95. The first-order chi connectivity index (χ1) is 10.0. The third-order valence-corrected chi connectivity index (χ3v) is 2.72. The smallest absolute Gasteiger partial charge is 0.393 e. The molecule has 2 rings (SSSR count). The van der Waals surface area contributed by atoms with Crippen molar-refractivity contribution >= 4 is 23.9 Å². The normalized spacial score (nSPS) is 14.0. The molecule has 0 aromatic heterocycles. The number of hydrogen-bond acceptors (Lipinski definition) is 6. The Labute approximate surface area is 119 Å². The topological polar surface area (TPSA) is 102 Å². The fourth-order valence-electron chi connectivity index (χ4n) is 1.67. The van der Waals surface area contributed by atoms with Crippen molar-refractivity contribution in [2.24, 2.45) is 0 Å². The zero-order valence-electron chi connectivity index (χ0n) is 11.1. The second-order valence-corrected chi connectivity index (χ2v) is 4.13. The molecule has 1 aromatic rings. The number of ether oxygens (including phenoxy) is 1. The summed E-state index contributed by atoms with van der Waals surface area (Å²) in [7, 11) is 1.49. The van der Waals surface area contributed by atoms with Gasteiger partial charge in [-0.25, -0.2) is 4.79 Å². The number of rotatable bonds is 3. The molecule has 8 heteroatoms. The van der Waals surface area contributed by atoms with Crippen molar-refractivity contribution in [1.82, 2.24) is 10.4 Å². The molecule has 1 aliphatic heterocycles. The van der Waals surface area contributed by atoms with E-state index in [4.69, 9.17) is 4.74 Å². The van der Waals surface area contributed by atoms with Crippen LogP contribution in [0, 0.1) is 0 Å². The van der Waals surface area contributed by atoms with Gasteiger partial charge in [-0.2, -0.15) is 0 Å². The van der Waals surface area contributed by atoms with Crippen LogP contribution >= 0.6 is 0 Å². The molecule has 1 aromatic carbocycles. The van der Waals surface area contributed by atoms with Gasteiger partial charge in [-0.1, -0.05) is 5.06 Å². The van der Waals surface area contributed by atoms with E-state index < -0.39 is 18.0 Å². The standard InChI is InChI=1S/C13H12N2O6/c1-14-12(18)8-2-4-9(5-3-8)20-13(19)21-15-10(16)6-7-11(15)17/h2-5H,6-7H2,1H3,(H,14,18). The average molecular weight is 292 g/mol. The molecule has 0 atom stereocenters. The number of hydrogen-bond donors (Lipinski definition) is 1. The Kier molecular flexibility index (Phi) is 4.17. The molecule has 3 amide bonds. The maximum atomic E-state index is 11.5. The molecule has 1 aliphatic rings. The zero-order valence-corrected chi connectivity index (χ0v) is 11.1. The van der Waals surface area contributed by atoms with Crippen molar-refractivity contribution in [2.75, 3.05) is 7.05 Å². The van der Waals surface area contributed by atoms with Crippen LogP contribution in [0.4, 0.5) is 4.79 Å². The van der Waals surface area contributed by atoms with Crippen LogP contribution in [-0.4, -0.2) is 36.0 Å². The van der Waals surface area contributed by atoms with E-state index in [-0.39, 0.29) is 24.5 Å². The number of nitrogens with zero attached hydrogens (tertiary/aromatic N) is 1. The number of hydroxylamine groups is 2. The van der Waals surface area contributed by atoms with Gasteiger partial charge in [0.05, 0.1) is 0 Å². The minimum absolute atomic E-state index is 0.00688. The number of carbonyl (C=O) groups is 4. The first-order valence-corrected chi connectivity index (χ1v) is 6.09. The van der Waals surface area contributed by atoms with Gasteiger partial charge >= 0.3 is 6.16 Å². The second-order valence-electron chi connectivity index (χ2n) is 4.13. The van der Waals surface area contributed by atoms with Gasteiger partial charge < -0.3 is 10.1 Å². The summed E-state index contributed by atoms with van der Waals surface area (Å²) < 4.78 is 4.80. The fraction of sp³-hybridized carbons (Fsp3) is 0.231. The van der Waals surface area contributed by atoms with Gasteiger partial charge in [0.15, 0.2) is 0 Å².